The molecule has 0 atom stereocenters. The van der Waals surface area contributed by atoms with Crippen molar-refractivity contribution in [3.63, 3.8) is 0 Å². The smallest absolute Gasteiger partial charge is 0.253 e. The van der Waals surface area contributed by atoms with Gasteiger partial charge in [0.1, 0.15) is 0 Å². The number of piperazine rings is 1. The summed E-state index contributed by atoms with van der Waals surface area (Å²) in [6.45, 7) is 4.33. The number of hydrogen-bond donors (Lipinski definition) is 0. The van der Waals surface area contributed by atoms with Crippen molar-refractivity contribution in [3.8, 4) is 0 Å². The number of carbonyl (C=O) groups excluding carboxylic acids is 3. The first-order valence-corrected chi connectivity index (χ1v) is 10.1. The zero-order valence-corrected chi connectivity index (χ0v) is 16.4. The molecule has 0 N–H and O–H groups in total. The lowest BCUT2D eigenvalue weighted by molar-refractivity contribution is -0.139. The summed E-state index contributed by atoms with van der Waals surface area (Å²) in [6, 6.07) is 17.6. The fourth-order valence-electron chi connectivity index (χ4n) is 3.87. The number of hydrogen-bond acceptors (Lipinski definition) is 4. The highest BCUT2D eigenvalue weighted by Gasteiger charge is 2.28. The summed E-state index contributed by atoms with van der Waals surface area (Å²) in [5.41, 5.74) is 2.79. The number of nitrogens with zero attached hydrogens (tertiary/aromatic N) is 3. The Kier molecular flexibility index (Phi) is 5.71. The summed E-state index contributed by atoms with van der Waals surface area (Å²) in [6.07, 6.45) is 0.595. The lowest BCUT2D eigenvalue weighted by Gasteiger charge is -2.34. The number of rotatable bonds is 5. The van der Waals surface area contributed by atoms with E-state index in [0.717, 1.165) is 25.2 Å². The van der Waals surface area contributed by atoms with Crippen LogP contribution in [0.2, 0.25) is 0 Å². The SMILES string of the molecule is O=C(c1ccc(CN2C(=O)CCC2=O)cc1)N1CCN(Cc2ccccc2)CC1. The van der Waals surface area contributed by atoms with Gasteiger partial charge in [0.2, 0.25) is 11.8 Å². The molecule has 6 nitrogen and oxygen atoms in total. The van der Waals surface area contributed by atoms with Crippen LogP contribution in [0.3, 0.4) is 0 Å². The summed E-state index contributed by atoms with van der Waals surface area (Å²) >= 11 is 0. The summed E-state index contributed by atoms with van der Waals surface area (Å²) in [5.74, 6) is -0.212. The predicted octanol–water partition coefficient (Wildman–Crippen LogP) is 2.29. The van der Waals surface area contributed by atoms with Crippen molar-refractivity contribution >= 4 is 17.7 Å². The van der Waals surface area contributed by atoms with Crippen LogP contribution in [-0.2, 0) is 22.7 Å². The molecule has 29 heavy (non-hydrogen) atoms. The molecule has 0 unspecified atom stereocenters. The van der Waals surface area contributed by atoms with E-state index in [9.17, 15) is 14.4 Å². The molecule has 0 saturated carbocycles. The minimum absolute atomic E-state index is 0.0317. The first kappa shape index (κ1) is 19.3. The first-order valence-electron chi connectivity index (χ1n) is 10.1. The average molecular weight is 391 g/mol. The summed E-state index contributed by atoms with van der Waals surface area (Å²) in [7, 11) is 0. The monoisotopic (exact) mass is 391 g/mol. The minimum Gasteiger partial charge on any atom is -0.336 e. The van der Waals surface area contributed by atoms with E-state index in [-0.39, 0.29) is 24.3 Å². The molecule has 0 aromatic heterocycles. The molecule has 4 rings (SSSR count). The molecule has 150 valence electrons. The molecule has 2 saturated heterocycles. The van der Waals surface area contributed by atoms with Crippen molar-refractivity contribution in [1.29, 1.82) is 0 Å². The van der Waals surface area contributed by atoms with Gasteiger partial charge in [-0.1, -0.05) is 42.5 Å². The van der Waals surface area contributed by atoms with Crippen molar-refractivity contribution in [3.05, 3.63) is 71.3 Å². The largest absolute Gasteiger partial charge is 0.336 e. The molecule has 2 heterocycles. The number of amides is 3. The molecule has 6 heteroatoms. The van der Waals surface area contributed by atoms with Crippen LogP contribution in [-0.4, -0.2) is 58.6 Å². The van der Waals surface area contributed by atoms with Crippen LogP contribution in [0.4, 0.5) is 0 Å². The molecule has 0 aliphatic carbocycles. The Labute approximate surface area is 170 Å². The minimum atomic E-state index is -0.122. The van der Waals surface area contributed by atoms with Crippen LogP contribution in [0.25, 0.3) is 0 Å². The van der Waals surface area contributed by atoms with Crippen molar-refractivity contribution in [2.45, 2.75) is 25.9 Å². The van der Waals surface area contributed by atoms with E-state index in [0.29, 0.717) is 31.5 Å². The number of benzene rings is 2. The van der Waals surface area contributed by atoms with Crippen LogP contribution in [0.1, 0.15) is 34.3 Å². The topological polar surface area (TPSA) is 60.9 Å². The molecule has 2 aromatic rings. The van der Waals surface area contributed by atoms with Gasteiger partial charge in [0.05, 0.1) is 6.54 Å². The van der Waals surface area contributed by atoms with Crippen molar-refractivity contribution in [1.82, 2.24) is 14.7 Å². The third-order valence-electron chi connectivity index (χ3n) is 5.60. The van der Waals surface area contributed by atoms with Gasteiger partial charge < -0.3 is 4.90 Å². The number of imide groups is 1. The molecule has 2 aliphatic rings. The maximum atomic E-state index is 12.8. The zero-order chi connectivity index (χ0) is 20.2. The standard InChI is InChI=1S/C23H25N3O3/c27-21-10-11-22(28)26(21)17-19-6-8-20(9-7-19)23(29)25-14-12-24(13-15-25)16-18-4-2-1-3-5-18/h1-9H,10-17H2. The van der Waals surface area contributed by atoms with E-state index in [1.165, 1.54) is 10.5 Å². The molecule has 3 amide bonds. The third-order valence-corrected chi connectivity index (χ3v) is 5.60. The second kappa shape index (κ2) is 8.57. The first-order chi connectivity index (χ1) is 14.1. The van der Waals surface area contributed by atoms with Gasteiger partial charge in [-0.25, -0.2) is 0 Å². The second-order valence-corrected chi connectivity index (χ2v) is 7.62. The lowest BCUT2D eigenvalue weighted by atomic mass is 10.1. The van der Waals surface area contributed by atoms with Crippen LogP contribution in [0.5, 0.6) is 0 Å². The highest BCUT2D eigenvalue weighted by atomic mass is 16.2. The maximum absolute atomic E-state index is 12.8. The van der Waals surface area contributed by atoms with Gasteiger partial charge in [-0.05, 0) is 23.3 Å². The lowest BCUT2D eigenvalue weighted by Crippen LogP contribution is -2.48. The summed E-state index contributed by atoms with van der Waals surface area (Å²) < 4.78 is 0. The Morgan fingerprint density at radius 2 is 1.31 bits per heavy atom. The average Bonchev–Trinajstić information content (AvgIpc) is 3.07. The Bertz CT molecular complexity index is 871. The van der Waals surface area contributed by atoms with E-state index in [1.807, 2.05) is 35.2 Å². The summed E-state index contributed by atoms with van der Waals surface area (Å²) in [5, 5.41) is 0. The molecule has 2 fully saturated rings. The van der Waals surface area contributed by atoms with Gasteiger partial charge in [-0.15, -0.1) is 0 Å². The third kappa shape index (κ3) is 4.54. The number of carbonyl (C=O) groups is 3. The van der Waals surface area contributed by atoms with Gasteiger partial charge in [-0.3, -0.25) is 24.2 Å². The Hall–Kier alpha value is -2.99. The Morgan fingerprint density at radius 1 is 0.724 bits per heavy atom. The quantitative estimate of drug-likeness (QED) is 0.734. The summed E-state index contributed by atoms with van der Waals surface area (Å²) in [4.78, 5) is 41.9. The Balaban J connectivity index is 1.31. The van der Waals surface area contributed by atoms with Crippen LogP contribution < -0.4 is 0 Å². The zero-order valence-electron chi connectivity index (χ0n) is 16.4. The van der Waals surface area contributed by atoms with Crippen LogP contribution in [0, 0.1) is 0 Å². The Morgan fingerprint density at radius 3 is 1.93 bits per heavy atom. The van der Waals surface area contributed by atoms with E-state index in [1.54, 1.807) is 12.1 Å². The highest BCUT2D eigenvalue weighted by molar-refractivity contribution is 6.01. The van der Waals surface area contributed by atoms with Gasteiger partial charge in [0.25, 0.3) is 5.91 Å². The van der Waals surface area contributed by atoms with E-state index in [4.69, 9.17) is 0 Å². The highest BCUT2D eigenvalue weighted by Crippen LogP contribution is 2.17. The normalized spacial score (nSPS) is 17.8. The fourth-order valence-corrected chi connectivity index (χ4v) is 3.87. The molecule has 0 bridgehead atoms. The van der Waals surface area contributed by atoms with Gasteiger partial charge in [-0.2, -0.15) is 0 Å². The molecule has 0 radical (unpaired) electrons. The second-order valence-electron chi connectivity index (χ2n) is 7.62. The molecular formula is C23H25N3O3. The van der Waals surface area contributed by atoms with E-state index in [2.05, 4.69) is 17.0 Å². The molecule has 2 aliphatic heterocycles. The predicted molar refractivity (Wildman–Crippen MR) is 109 cm³/mol. The molecule has 2 aromatic carbocycles. The van der Waals surface area contributed by atoms with Crippen LogP contribution in [0.15, 0.2) is 54.6 Å². The van der Waals surface area contributed by atoms with Crippen LogP contribution >= 0.6 is 0 Å². The number of likely N-dealkylation sites (tertiary alicyclic amines) is 1. The van der Waals surface area contributed by atoms with Gasteiger partial charge in [0, 0.05) is 51.1 Å². The molecular weight excluding hydrogens is 366 g/mol. The van der Waals surface area contributed by atoms with E-state index < -0.39 is 0 Å². The van der Waals surface area contributed by atoms with E-state index >= 15 is 0 Å². The maximum Gasteiger partial charge on any atom is 0.253 e. The van der Waals surface area contributed by atoms with Gasteiger partial charge >= 0.3 is 0 Å². The van der Waals surface area contributed by atoms with Crippen molar-refractivity contribution in [2.24, 2.45) is 0 Å². The fraction of sp³-hybridized carbons (Fsp3) is 0.348. The van der Waals surface area contributed by atoms with Gasteiger partial charge in [0.15, 0.2) is 0 Å². The van der Waals surface area contributed by atoms with Crippen molar-refractivity contribution < 1.29 is 14.4 Å². The van der Waals surface area contributed by atoms with Crippen molar-refractivity contribution in [2.75, 3.05) is 26.2 Å². The molecule has 0 spiro atoms.